The molecule has 0 unspecified atom stereocenters. The molecule has 2 aromatic rings. The van der Waals surface area contributed by atoms with E-state index in [9.17, 15) is 13.2 Å². The van der Waals surface area contributed by atoms with Crippen molar-refractivity contribution in [1.82, 2.24) is 20.4 Å². The minimum absolute atomic E-state index is 0.0157. The number of aromatic nitrogens is 2. The molecule has 1 heterocycles. The lowest BCUT2D eigenvalue weighted by Crippen LogP contribution is -2.36. The van der Waals surface area contributed by atoms with Crippen LogP contribution in [0.25, 0.3) is 0 Å². The molecule has 152 valence electrons. The van der Waals surface area contributed by atoms with Gasteiger partial charge in [-0.3, -0.25) is 4.68 Å². The number of nitrogens with one attached hydrogen (secondary N) is 2. The molecule has 0 saturated heterocycles. The van der Waals surface area contributed by atoms with Gasteiger partial charge in [0.05, 0.1) is 6.54 Å². The van der Waals surface area contributed by atoms with E-state index in [0.717, 1.165) is 10.2 Å². The fourth-order valence-electron chi connectivity index (χ4n) is 2.52. The summed E-state index contributed by atoms with van der Waals surface area (Å²) in [5.74, 6) is 1.11. The molecule has 0 fully saturated rings. The van der Waals surface area contributed by atoms with Gasteiger partial charge in [0, 0.05) is 37.5 Å². The van der Waals surface area contributed by atoms with Gasteiger partial charge < -0.3 is 15.4 Å². The minimum Gasteiger partial charge on any atom is -0.489 e. The molecule has 0 saturated carbocycles. The molecule has 0 bridgehead atoms. The summed E-state index contributed by atoms with van der Waals surface area (Å²) in [6.07, 6.45) is -1.53. The highest BCUT2D eigenvalue weighted by molar-refractivity contribution is 5.79. The number of halogens is 3. The number of aryl methyl sites for hydroxylation is 1. The van der Waals surface area contributed by atoms with E-state index in [1.807, 2.05) is 31.2 Å². The summed E-state index contributed by atoms with van der Waals surface area (Å²) in [7, 11) is 1.45. The van der Waals surface area contributed by atoms with E-state index in [4.69, 9.17) is 4.74 Å². The molecule has 0 atom stereocenters. The first-order valence-electron chi connectivity index (χ1n) is 8.78. The lowest BCUT2D eigenvalue weighted by molar-refractivity contribution is -0.142. The Balaban J connectivity index is 2.11. The Morgan fingerprint density at radius 2 is 2.04 bits per heavy atom. The van der Waals surface area contributed by atoms with Gasteiger partial charge >= 0.3 is 6.18 Å². The Morgan fingerprint density at radius 1 is 1.29 bits per heavy atom. The summed E-state index contributed by atoms with van der Waals surface area (Å²) in [5.41, 5.74) is -0.00741. The third kappa shape index (κ3) is 6.04. The van der Waals surface area contributed by atoms with E-state index in [0.29, 0.717) is 31.4 Å². The van der Waals surface area contributed by atoms with Crippen molar-refractivity contribution in [3.05, 3.63) is 59.9 Å². The predicted octanol–water partition coefficient (Wildman–Crippen LogP) is 3.26. The van der Waals surface area contributed by atoms with Crippen molar-refractivity contribution in [3.8, 4) is 5.75 Å². The first-order chi connectivity index (χ1) is 13.3. The number of guanidine groups is 1. The summed E-state index contributed by atoms with van der Waals surface area (Å²) < 4.78 is 46.0. The quantitative estimate of drug-likeness (QED) is 0.409. The largest absolute Gasteiger partial charge is 0.489 e. The van der Waals surface area contributed by atoms with Crippen LogP contribution in [0, 0.1) is 0 Å². The minimum atomic E-state index is -4.51. The number of hydrogen-bond acceptors (Lipinski definition) is 3. The van der Waals surface area contributed by atoms with Gasteiger partial charge in [-0.25, -0.2) is 4.99 Å². The van der Waals surface area contributed by atoms with Crippen molar-refractivity contribution in [3.63, 3.8) is 0 Å². The van der Waals surface area contributed by atoms with Crippen LogP contribution < -0.4 is 15.4 Å². The van der Waals surface area contributed by atoms with Crippen LogP contribution in [0.3, 0.4) is 0 Å². The Morgan fingerprint density at radius 3 is 2.71 bits per heavy atom. The molecule has 0 radical (unpaired) electrons. The molecule has 28 heavy (non-hydrogen) atoms. The molecule has 0 aliphatic heterocycles. The number of aliphatic imine (C=N–C) groups is 1. The normalized spacial score (nSPS) is 12.0. The highest BCUT2D eigenvalue weighted by Crippen LogP contribution is 2.30. The SMILES string of the molecule is C=CCOc1ccccc1CNC(=NCc1cn(C)nc1C(F)(F)F)NCC. The summed E-state index contributed by atoms with van der Waals surface area (Å²) in [6, 6.07) is 7.49. The van der Waals surface area contributed by atoms with Gasteiger partial charge in [0.25, 0.3) is 0 Å². The summed E-state index contributed by atoms with van der Waals surface area (Å²) in [4.78, 5) is 4.26. The monoisotopic (exact) mass is 395 g/mol. The molecule has 0 aliphatic carbocycles. The Labute approximate surface area is 162 Å². The lowest BCUT2D eigenvalue weighted by Gasteiger charge is -2.14. The number of nitrogens with zero attached hydrogens (tertiary/aromatic N) is 3. The number of benzene rings is 1. The zero-order chi connectivity index (χ0) is 20.6. The summed E-state index contributed by atoms with van der Waals surface area (Å²) in [5, 5.41) is 9.63. The number of rotatable bonds is 8. The molecule has 2 rings (SSSR count). The van der Waals surface area contributed by atoms with Gasteiger partial charge in [-0.15, -0.1) is 0 Å². The maximum absolute atomic E-state index is 13.1. The first kappa shape index (κ1) is 21.3. The topological polar surface area (TPSA) is 63.5 Å². The standard InChI is InChI=1S/C19H24F3N5O/c1-4-10-28-16-9-7-6-8-14(16)11-24-18(23-5-2)25-12-15-13-27(3)26-17(15)19(20,21)22/h4,6-9,13H,1,5,10-12H2,2-3H3,(H2,23,24,25). The Bertz CT molecular complexity index is 814. The fourth-order valence-corrected chi connectivity index (χ4v) is 2.52. The van der Waals surface area contributed by atoms with Crippen LogP contribution in [0.2, 0.25) is 0 Å². The van der Waals surface area contributed by atoms with Crippen molar-refractivity contribution in [1.29, 1.82) is 0 Å². The zero-order valence-corrected chi connectivity index (χ0v) is 15.9. The van der Waals surface area contributed by atoms with E-state index < -0.39 is 11.9 Å². The highest BCUT2D eigenvalue weighted by atomic mass is 19.4. The average molecular weight is 395 g/mol. The summed E-state index contributed by atoms with van der Waals surface area (Å²) >= 11 is 0. The van der Waals surface area contributed by atoms with Crippen LogP contribution in [0.4, 0.5) is 13.2 Å². The van der Waals surface area contributed by atoms with Crippen LogP contribution in [-0.2, 0) is 26.3 Å². The van der Waals surface area contributed by atoms with Crippen molar-refractivity contribution < 1.29 is 17.9 Å². The molecule has 6 nitrogen and oxygen atoms in total. The van der Waals surface area contributed by atoms with Crippen LogP contribution in [0.15, 0.2) is 48.1 Å². The third-order valence-corrected chi connectivity index (χ3v) is 3.70. The Hall–Kier alpha value is -2.97. The van der Waals surface area contributed by atoms with Gasteiger partial charge in [0.1, 0.15) is 12.4 Å². The first-order valence-corrected chi connectivity index (χ1v) is 8.78. The van der Waals surface area contributed by atoms with E-state index in [1.54, 1.807) is 6.08 Å². The van der Waals surface area contributed by atoms with Gasteiger partial charge in [0.15, 0.2) is 11.7 Å². The van der Waals surface area contributed by atoms with Crippen molar-refractivity contribution in [2.45, 2.75) is 26.2 Å². The smallest absolute Gasteiger partial charge is 0.435 e. The molecular weight excluding hydrogens is 371 g/mol. The molecule has 2 N–H and O–H groups in total. The zero-order valence-electron chi connectivity index (χ0n) is 15.9. The average Bonchev–Trinajstić information content (AvgIpc) is 3.04. The van der Waals surface area contributed by atoms with Crippen LogP contribution in [0.5, 0.6) is 5.75 Å². The molecule has 1 aromatic carbocycles. The fraction of sp³-hybridized carbons (Fsp3) is 0.368. The van der Waals surface area contributed by atoms with E-state index in [-0.39, 0.29) is 12.1 Å². The van der Waals surface area contributed by atoms with E-state index in [2.05, 4.69) is 27.3 Å². The second-order valence-corrected chi connectivity index (χ2v) is 5.93. The van der Waals surface area contributed by atoms with Crippen LogP contribution in [-0.4, -0.2) is 28.9 Å². The molecule has 0 aliphatic rings. The second-order valence-electron chi connectivity index (χ2n) is 5.93. The second kappa shape index (κ2) is 9.82. The maximum atomic E-state index is 13.1. The molecule has 0 amide bonds. The molecular formula is C19H24F3N5O. The van der Waals surface area contributed by atoms with Crippen molar-refractivity contribution in [2.24, 2.45) is 12.0 Å². The Kier molecular flexibility index (Phi) is 7.48. The molecule has 1 aromatic heterocycles. The number of ether oxygens (including phenoxy) is 1. The maximum Gasteiger partial charge on any atom is 0.435 e. The van der Waals surface area contributed by atoms with E-state index >= 15 is 0 Å². The third-order valence-electron chi connectivity index (χ3n) is 3.70. The van der Waals surface area contributed by atoms with Crippen LogP contribution >= 0.6 is 0 Å². The molecule has 0 spiro atoms. The lowest BCUT2D eigenvalue weighted by atomic mass is 10.2. The van der Waals surface area contributed by atoms with Gasteiger partial charge in [0.2, 0.25) is 0 Å². The number of hydrogen-bond donors (Lipinski definition) is 2. The van der Waals surface area contributed by atoms with Gasteiger partial charge in [-0.1, -0.05) is 30.9 Å². The van der Waals surface area contributed by atoms with Gasteiger partial charge in [-0.2, -0.15) is 18.3 Å². The van der Waals surface area contributed by atoms with Crippen molar-refractivity contribution >= 4 is 5.96 Å². The number of para-hydroxylation sites is 1. The van der Waals surface area contributed by atoms with Crippen LogP contribution in [0.1, 0.15) is 23.7 Å². The van der Waals surface area contributed by atoms with Crippen molar-refractivity contribution in [2.75, 3.05) is 13.2 Å². The highest BCUT2D eigenvalue weighted by Gasteiger charge is 2.36. The summed E-state index contributed by atoms with van der Waals surface area (Å²) in [6.45, 7) is 6.71. The van der Waals surface area contributed by atoms with E-state index in [1.165, 1.54) is 13.2 Å². The number of alkyl halides is 3. The predicted molar refractivity (Wildman–Crippen MR) is 102 cm³/mol. The molecule has 9 heteroatoms. The van der Waals surface area contributed by atoms with Gasteiger partial charge in [-0.05, 0) is 13.0 Å².